The van der Waals surface area contributed by atoms with E-state index in [4.69, 9.17) is 0 Å². The Kier molecular flexibility index (Phi) is 64.5. The number of rotatable bonds is 68. The summed E-state index contributed by atoms with van der Waals surface area (Å²) >= 11 is 0. The van der Waals surface area contributed by atoms with E-state index in [9.17, 15) is 13.0 Å². The summed E-state index contributed by atoms with van der Waals surface area (Å²) < 4.78 is 35.4. The Morgan fingerprint density at radius 3 is 0.577 bits per heavy atom. The highest BCUT2D eigenvalue weighted by atomic mass is 32.2. The van der Waals surface area contributed by atoms with Crippen LogP contribution in [0.2, 0.25) is 0 Å². The lowest BCUT2D eigenvalue weighted by molar-refractivity contribution is -0.774. The summed E-state index contributed by atoms with van der Waals surface area (Å²) in [6.45, 7) is 7.71. The molecule has 5 heteroatoms. The summed E-state index contributed by atoms with van der Waals surface area (Å²) in [6.07, 6.45) is 98.8. The molecule has 0 atom stereocenters. The lowest BCUT2D eigenvalue weighted by atomic mass is 10.0. The topological polar surface area (TPSA) is 57.2 Å². The molecular formula is C73H143NO3S. The van der Waals surface area contributed by atoms with Crippen molar-refractivity contribution in [2.75, 3.05) is 12.3 Å². The van der Waals surface area contributed by atoms with E-state index in [1.165, 1.54) is 366 Å². The van der Waals surface area contributed by atoms with Gasteiger partial charge in [0.2, 0.25) is 0 Å². The van der Waals surface area contributed by atoms with Crippen LogP contribution in [0.15, 0.2) is 36.8 Å². The minimum Gasteiger partial charge on any atom is -0.748 e. The number of unbranched alkanes of at least 4 members (excludes halogenated alkanes) is 58. The monoisotopic (exact) mass is 1110 g/mol. The third-order valence-electron chi connectivity index (χ3n) is 17.3. The lowest BCUT2D eigenvalue weighted by Crippen LogP contribution is -2.32. The number of hydrogen-bond donors (Lipinski definition) is 0. The molecule has 0 aromatic heterocycles. The number of hydrogen-bond acceptors (Lipinski definition) is 3. The van der Waals surface area contributed by atoms with E-state index in [1.807, 2.05) is 0 Å². The first kappa shape index (κ1) is 77.1. The van der Waals surface area contributed by atoms with Crippen molar-refractivity contribution in [3.63, 3.8) is 0 Å². The molecule has 0 aromatic rings. The van der Waals surface area contributed by atoms with Crippen LogP contribution in [0.5, 0.6) is 0 Å². The van der Waals surface area contributed by atoms with Crippen molar-refractivity contribution in [3.05, 3.63) is 36.8 Å². The van der Waals surface area contributed by atoms with Crippen molar-refractivity contribution in [1.82, 2.24) is 0 Å². The molecule has 78 heavy (non-hydrogen) atoms. The normalized spacial score (nSPS) is 12.5. The average Bonchev–Trinajstić information content (AvgIpc) is 3.43. The van der Waals surface area contributed by atoms with Crippen LogP contribution in [0.3, 0.4) is 0 Å². The molecule has 4 nitrogen and oxygen atoms in total. The molecular weight excluding hydrogens is 971 g/mol. The molecule has 0 heterocycles. The van der Waals surface area contributed by atoms with Crippen LogP contribution in [0.4, 0.5) is 0 Å². The fraction of sp³-hybridized carbons (Fsp3) is 0.918. The van der Waals surface area contributed by atoms with Crippen LogP contribution in [0.25, 0.3) is 0 Å². The van der Waals surface area contributed by atoms with Gasteiger partial charge in [-0.3, -0.25) is 0 Å². The maximum Gasteiger partial charge on any atom is 0.101 e. The van der Waals surface area contributed by atoms with Gasteiger partial charge in [-0.25, -0.2) is 12.9 Å². The first-order chi connectivity index (χ1) is 38.4. The predicted octanol–water partition coefficient (Wildman–Crippen LogP) is 26.1. The molecule has 0 saturated carbocycles. The maximum atomic E-state index is 11.6. The Balaban J connectivity index is 4.84. The molecule has 0 unspecified atom stereocenters. The van der Waals surface area contributed by atoms with Gasteiger partial charge in [0.05, 0.1) is 16.7 Å². The fourth-order valence-corrected chi connectivity index (χ4v) is 12.4. The van der Waals surface area contributed by atoms with Crippen LogP contribution < -0.4 is 0 Å². The minimum absolute atomic E-state index is 0.262. The van der Waals surface area contributed by atoms with Gasteiger partial charge in [0.25, 0.3) is 0 Å². The zero-order valence-electron chi connectivity index (χ0n) is 53.8. The van der Waals surface area contributed by atoms with Crippen molar-refractivity contribution in [1.29, 1.82) is 0 Å². The zero-order chi connectivity index (χ0) is 56.5. The van der Waals surface area contributed by atoms with Gasteiger partial charge >= 0.3 is 0 Å². The van der Waals surface area contributed by atoms with Crippen molar-refractivity contribution in [3.8, 4) is 0 Å². The number of quaternary nitrogens is 1. The van der Waals surface area contributed by atoms with Crippen molar-refractivity contribution < 1.29 is 17.5 Å². The van der Waals surface area contributed by atoms with E-state index in [0.29, 0.717) is 10.9 Å². The van der Waals surface area contributed by atoms with E-state index in [0.717, 1.165) is 32.2 Å². The summed E-state index contributed by atoms with van der Waals surface area (Å²) in [5, 5.41) is 0. The highest BCUT2D eigenvalue weighted by Gasteiger charge is 2.19. The van der Waals surface area contributed by atoms with E-state index >= 15 is 0 Å². The summed E-state index contributed by atoms with van der Waals surface area (Å²) in [6, 6.07) is 0. The Morgan fingerprint density at radius 1 is 0.244 bits per heavy atom. The molecule has 0 radical (unpaired) electrons. The first-order valence-electron chi connectivity index (χ1n) is 36.2. The number of nitrogens with zero attached hydrogens (tertiary/aromatic N) is 1. The van der Waals surface area contributed by atoms with Gasteiger partial charge in [0.15, 0.2) is 0 Å². The summed E-state index contributed by atoms with van der Waals surface area (Å²) in [5.74, 6) is -0.262. The van der Waals surface area contributed by atoms with Crippen LogP contribution in [-0.2, 0) is 10.1 Å². The van der Waals surface area contributed by atoms with Crippen molar-refractivity contribution in [2.24, 2.45) is 0 Å². The van der Waals surface area contributed by atoms with E-state index < -0.39 is 10.1 Å². The molecule has 0 amide bonds. The highest BCUT2D eigenvalue weighted by Crippen LogP contribution is 2.22. The second-order valence-corrected chi connectivity index (χ2v) is 26.8. The van der Waals surface area contributed by atoms with Crippen molar-refractivity contribution >= 4 is 10.1 Å². The molecule has 0 bridgehead atoms. The molecule has 0 fully saturated rings. The second-order valence-electron chi connectivity index (χ2n) is 25.3. The molecule has 464 valence electrons. The third kappa shape index (κ3) is 64.3. The molecule has 0 rings (SSSR count). The molecule has 0 aromatic carbocycles. The fourth-order valence-electron chi connectivity index (χ4n) is 11.9. The highest BCUT2D eigenvalue weighted by molar-refractivity contribution is 7.85. The van der Waals surface area contributed by atoms with Gasteiger partial charge in [-0.1, -0.05) is 367 Å². The molecule has 0 spiro atoms. The number of allylic oxidation sites excluding steroid dienone is 3. The van der Waals surface area contributed by atoms with Crippen LogP contribution in [-0.4, -0.2) is 29.8 Å². The Morgan fingerprint density at radius 2 is 0.410 bits per heavy atom. The predicted molar refractivity (Wildman–Crippen MR) is 350 cm³/mol. The van der Waals surface area contributed by atoms with Gasteiger partial charge in [0, 0.05) is 5.75 Å². The maximum absolute atomic E-state index is 11.6. The van der Waals surface area contributed by atoms with E-state index in [-0.39, 0.29) is 5.75 Å². The van der Waals surface area contributed by atoms with Gasteiger partial charge in [-0.15, -0.1) is 0 Å². The van der Waals surface area contributed by atoms with Gasteiger partial charge in [-0.05, 0) is 69.6 Å². The molecule has 0 aliphatic rings. The quantitative estimate of drug-likeness (QED) is 0.0346. The van der Waals surface area contributed by atoms with Crippen LogP contribution >= 0.6 is 0 Å². The zero-order valence-corrected chi connectivity index (χ0v) is 54.6. The second kappa shape index (κ2) is 65.2. The summed E-state index contributed by atoms with van der Waals surface area (Å²) in [5.41, 5.74) is 0. The largest absolute Gasteiger partial charge is 0.748 e. The van der Waals surface area contributed by atoms with E-state index in [1.54, 1.807) is 0 Å². The average molecular weight is 1120 g/mol. The summed E-state index contributed by atoms with van der Waals surface area (Å²) in [7, 11) is -4.20. The van der Waals surface area contributed by atoms with Gasteiger partial charge in [0.1, 0.15) is 18.6 Å². The molecule has 0 aliphatic heterocycles. The van der Waals surface area contributed by atoms with Crippen LogP contribution in [0, 0.1) is 0 Å². The SMILES string of the molecule is CCCCCCCCCCCCCCCCCCCCC/C=C/[N+](/C=C/CCCCCCCCCCCCCCCCCCCCC)(/C=C/CCCCCCCCCCCCCCCCCCCCC)CCCCS(=O)(=O)[O-]. The van der Waals surface area contributed by atoms with Gasteiger partial charge in [-0.2, -0.15) is 0 Å². The smallest absolute Gasteiger partial charge is 0.101 e. The first-order valence-corrected chi connectivity index (χ1v) is 37.8. The minimum atomic E-state index is -4.20. The van der Waals surface area contributed by atoms with Crippen LogP contribution in [0.1, 0.15) is 419 Å². The lowest BCUT2D eigenvalue weighted by Gasteiger charge is -2.27. The van der Waals surface area contributed by atoms with E-state index in [2.05, 4.69) is 57.6 Å². The Labute approximate surface area is 493 Å². The molecule has 0 saturated heterocycles. The third-order valence-corrected chi connectivity index (χ3v) is 18.1. The van der Waals surface area contributed by atoms with Gasteiger partial charge < -0.3 is 4.55 Å². The Hall–Kier alpha value is -0.910. The standard InChI is InChI=1S/C73H143NO3S/c1-4-7-10-13-16-19-22-25-28-31-34-37-40-43-46-49-52-55-58-61-64-69-74(72-67-68-73-78(75,76)77,70-65-62-59-56-53-50-47-44-41-38-35-32-29-26-23-20-17-14-11-8-5-2)71-66-63-60-57-54-51-48-45-42-39-36-33-30-27-24-21-18-15-12-9-6-3/h64-66,69-71H,4-63,67-68,72-73H2,1-3H3/b69-64+,70-65+,71-66+. The molecule has 0 N–H and O–H groups in total. The molecule has 0 aliphatic carbocycles. The van der Waals surface area contributed by atoms with Crippen molar-refractivity contribution in [2.45, 2.75) is 419 Å². The Bertz CT molecular complexity index is 1200. The summed E-state index contributed by atoms with van der Waals surface area (Å²) in [4.78, 5) is 0.